The van der Waals surface area contributed by atoms with Crippen LogP contribution in [0.5, 0.6) is 0 Å². The van der Waals surface area contributed by atoms with Crippen LogP contribution in [0.25, 0.3) is 0 Å². The Bertz CT molecular complexity index is 279. The molecule has 0 bridgehead atoms. The van der Waals surface area contributed by atoms with Crippen LogP contribution in [0.15, 0.2) is 12.5 Å². The third-order valence-corrected chi connectivity index (χ3v) is 1.45. The molecule has 0 aliphatic heterocycles. The molecule has 0 aromatic carbocycles. The number of amides is 2. The van der Waals surface area contributed by atoms with Gasteiger partial charge in [0, 0.05) is 12.2 Å². The van der Waals surface area contributed by atoms with Gasteiger partial charge in [-0.05, 0) is 13.8 Å². The second kappa shape index (κ2) is 3.25. The van der Waals surface area contributed by atoms with Crippen molar-refractivity contribution in [3.8, 4) is 0 Å². The van der Waals surface area contributed by atoms with Crippen molar-refractivity contribution in [1.29, 1.82) is 0 Å². The van der Waals surface area contributed by atoms with Gasteiger partial charge in [0.2, 0.25) is 0 Å². The molecule has 0 radical (unpaired) electrons. The van der Waals surface area contributed by atoms with E-state index in [9.17, 15) is 4.79 Å². The molecule has 1 aromatic heterocycles. The van der Waals surface area contributed by atoms with Crippen molar-refractivity contribution in [2.24, 2.45) is 5.73 Å². The SMILES string of the molecule is CC(C)n1cnc(NC(N)=O)c1. The van der Waals surface area contributed by atoms with E-state index in [0.717, 1.165) is 0 Å². The molecular formula is C7H12N4O. The molecule has 66 valence electrons. The normalized spacial score (nSPS) is 10.2. The van der Waals surface area contributed by atoms with Gasteiger partial charge in [-0.3, -0.25) is 5.32 Å². The van der Waals surface area contributed by atoms with Crippen molar-refractivity contribution in [3.05, 3.63) is 12.5 Å². The largest absolute Gasteiger partial charge is 0.351 e. The summed E-state index contributed by atoms with van der Waals surface area (Å²) in [5, 5.41) is 2.39. The van der Waals surface area contributed by atoms with Gasteiger partial charge < -0.3 is 10.3 Å². The number of nitrogens with two attached hydrogens (primary N) is 1. The average Bonchev–Trinajstić information content (AvgIpc) is 2.34. The van der Waals surface area contributed by atoms with Crippen molar-refractivity contribution < 1.29 is 4.79 Å². The smallest absolute Gasteiger partial charge is 0.317 e. The Morgan fingerprint density at radius 3 is 2.83 bits per heavy atom. The molecule has 0 fully saturated rings. The van der Waals surface area contributed by atoms with Crippen molar-refractivity contribution in [1.82, 2.24) is 9.55 Å². The first-order valence-electron chi connectivity index (χ1n) is 3.69. The number of nitrogens with one attached hydrogen (secondary N) is 1. The molecule has 0 saturated carbocycles. The average molecular weight is 168 g/mol. The molecule has 0 spiro atoms. The number of imidazole rings is 1. The predicted octanol–water partition coefficient (Wildman–Crippen LogP) is 0.955. The van der Waals surface area contributed by atoms with Crippen LogP contribution in [-0.2, 0) is 0 Å². The lowest BCUT2D eigenvalue weighted by Crippen LogP contribution is -2.19. The zero-order valence-electron chi connectivity index (χ0n) is 7.11. The highest BCUT2D eigenvalue weighted by Gasteiger charge is 2.01. The van der Waals surface area contributed by atoms with E-state index in [4.69, 9.17) is 5.73 Å². The summed E-state index contributed by atoms with van der Waals surface area (Å²) in [7, 11) is 0. The van der Waals surface area contributed by atoms with Crippen LogP contribution in [0.1, 0.15) is 19.9 Å². The molecule has 0 saturated heterocycles. The highest BCUT2D eigenvalue weighted by Crippen LogP contribution is 2.08. The summed E-state index contributed by atoms with van der Waals surface area (Å²) in [5.41, 5.74) is 4.91. The Morgan fingerprint density at radius 2 is 2.42 bits per heavy atom. The Hall–Kier alpha value is -1.52. The summed E-state index contributed by atoms with van der Waals surface area (Å²) < 4.78 is 1.88. The summed E-state index contributed by atoms with van der Waals surface area (Å²) >= 11 is 0. The standard InChI is InChI=1S/C7H12N4O/c1-5(2)11-3-6(9-4-11)10-7(8)12/h3-5H,1-2H3,(H3,8,10,12). The summed E-state index contributed by atoms with van der Waals surface area (Å²) in [6, 6.07) is -0.259. The topological polar surface area (TPSA) is 72.9 Å². The first-order chi connectivity index (χ1) is 5.59. The number of carbonyl (C=O) groups excluding carboxylic acids is 1. The molecule has 12 heavy (non-hydrogen) atoms. The number of nitrogens with zero attached hydrogens (tertiary/aromatic N) is 2. The number of urea groups is 1. The molecule has 2 amide bonds. The second-order valence-corrected chi connectivity index (χ2v) is 2.79. The molecular weight excluding hydrogens is 156 g/mol. The van der Waals surface area contributed by atoms with E-state index in [1.165, 1.54) is 0 Å². The number of carbonyl (C=O) groups is 1. The zero-order valence-corrected chi connectivity index (χ0v) is 7.11. The zero-order chi connectivity index (χ0) is 9.14. The Balaban J connectivity index is 2.70. The van der Waals surface area contributed by atoms with Crippen LogP contribution >= 0.6 is 0 Å². The van der Waals surface area contributed by atoms with E-state index >= 15 is 0 Å². The van der Waals surface area contributed by atoms with Crippen LogP contribution < -0.4 is 11.1 Å². The minimum Gasteiger partial charge on any atom is -0.351 e. The van der Waals surface area contributed by atoms with E-state index in [-0.39, 0.29) is 0 Å². The van der Waals surface area contributed by atoms with Gasteiger partial charge in [0.25, 0.3) is 0 Å². The monoisotopic (exact) mass is 168 g/mol. The van der Waals surface area contributed by atoms with E-state index in [1.807, 2.05) is 18.4 Å². The molecule has 3 N–H and O–H groups in total. The van der Waals surface area contributed by atoms with Gasteiger partial charge in [0.1, 0.15) is 0 Å². The lowest BCUT2D eigenvalue weighted by molar-refractivity contribution is 0.259. The minimum absolute atomic E-state index is 0.334. The van der Waals surface area contributed by atoms with Crippen LogP contribution in [0.4, 0.5) is 10.6 Å². The van der Waals surface area contributed by atoms with Gasteiger partial charge in [0.15, 0.2) is 5.82 Å². The van der Waals surface area contributed by atoms with E-state index in [2.05, 4.69) is 10.3 Å². The maximum atomic E-state index is 10.4. The van der Waals surface area contributed by atoms with Crippen LogP contribution in [0, 0.1) is 0 Å². The van der Waals surface area contributed by atoms with Crippen molar-refractivity contribution in [3.63, 3.8) is 0 Å². The van der Waals surface area contributed by atoms with Crippen LogP contribution in [0.3, 0.4) is 0 Å². The Morgan fingerprint density at radius 1 is 1.75 bits per heavy atom. The highest BCUT2D eigenvalue weighted by molar-refractivity contribution is 5.86. The molecule has 1 heterocycles. The lowest BCUT2D eigenvalue weighted by atomic mass is 10.4. The van der Waals surface area contributed by atoms with Crippen LogP contribution in [0.2, 0.25) is 0 Å². The number of rotatable bonds is 2. The number of aromatic nitrogens is 2. The lowest BCUT2D eigenvalue weighted by Gasteiger charge is -2.03. The van der Waals surface area contributed by atoms with Crippen molar-refractivity contribution in [2.45, 2.75) is 19.9 Å². The molecule has 1 rings (SSSR count). The fourth-order valence-corrected chi connectivity index (χ4v) is 0.810. The molecule has 0 aliphatic rings. The van der Waals surface area contributed by atoms with Crippen molar-refractivity contribution in [2.75, 3.05) is 5.32 Å². The van der Waals surface area contributed by atoms with Gasteiger partial charge in [-0.15, -0.1) is 0 Å². The van der Waals surface area contributed by atoms with E-state index in [0.29, 0.717) is 11.9 Å². The van der Waals surface area contributed by atoms with E-state index < -0.39 is 6.03 Å². The molecule has 0 unspecified atom stereocenters. The third kappa shape index (κ3) is 1.98. The fraction of sp³-hybridized carbons (Fsp3) is 0.429. The van der Waals surface area contributed by atoms with Crippen molar-refractivity contribution >= 4 is 11.8 Å². The maximum Gasteiger partial charge on any atom is 0.317 e. The summed E-state index contributed by atoms with van der Waals surface area (Å²) in [5.74, 6) is 0.483. The first-order valence-corrected chi connectivity index (χ1v) is 3.69. The summed E-state index contributed by atoms with van der Waals surface area (Å²) in [6.07, 6.45) is 3.38. The molecule has 5 nitrogen and oxygen atoms in total. The first kappa shape index (κ1) is 8.58. The Labute approximate surface area is 70.6 Å². The number of hydrogen-bond acceptors (Lipinski definition) is 2. The quantitative estimate of drug-likeness (QED) is 0.690. The highest BCUT2D eigenvalue weighted by atomic mass is 16.2. The van der Waals surface area contributed by atoms with Gasteiger partial charge >= 0.3 is 6.03 Å². The maximum absolute atomic E-state index is 10.4. The predicted molar refractivity (Wildman–Crippen MR) is 45.8 cm³/mol. The molecule has 1 aromatic rings. The fourth-order valence-electron chi connectivity index (χ4n) is 0.810. The molecule has 0 aliphatic carbocycles. The minimum atomic E-state index is -0.594. The van der Waals surface area contributed by atoms with Gasteiger partial charge in [0.05, 0.1) is 6.33 Å². The number of primary amides is 1. The summed E-state index contributed by atoms with van der Waals surface area (Å²) in [6.45, 7) is 4.05. The Kier molecular flexibility index (Phi) is 2.32. The number of hydrogen-bond donors (Lipinski definition) is 2. The van der Waals surface area contributed by atoms with Gasteiger partial charge in [-0.25, -0.2) is 9.78 Å². The van der Waals surface area contributed by atoms with Gasteiger partial charge in [-0.2, -0.15) is 0 Å². The van der Waals surface area contributed by atoms with Gasteiger partial charge in [-0.1, -0.05) is 0 Å². The second-order valence-electron chi connectivity index (χ2n) is 2.79. The molecule has 0 atom stereocenters. The van der Waals surface area contributed by atoms with E-state index in [1.54, 1.807) is 12.5 Å². The third-order valence-electron chi connectivity index (χ3n) is 1.45. The van der Waals surface area contributed by atoms with Crippen LogP contribution in [-0.4, -0.2) is 15.6 Å². The number of anilines is 1. The molecule has 5 heteroatoms. The summed E-state index contributed by atoms with van der Waals surface area (Å²) in [4.78, 5) is 14.3.